The fourth-order valence-corrected chi connectivity index (χ4v) is 4.62. The van der Waals surface area contributed by atoms with Crippen molar-refractivity contribution in [3.05, 3.63) is 53.0 Å². The Morgan fingerprint density at radius 2 is 1.65 bits per heavy atom. The number of aliphatic carboxylic acids is 3. The first-order chi connectivity index (χ1) is 20.0. The lowest BCUT2D eigenvalue weighted by molar-refractivity contribution is -0.170. The highest BCUT2D eigenvalue weighted by Gasteiger charge is 2.41. The molecule has 0 radical (unpaired) electrons. The molecule has 3 aromatic heterocycles. The molecule has 4 N–H and O–H groups in total. The molecule has 1 unspecified atom stereocenters. The van der Waals surface area contributed by atoms with Crippen molar-refractivity contribution in [3.8, 4) is 0 Å². The largest absolute Gasteiger partial charge is 0.481 e. The number of rotatable bonds is 10. The van der Waals surface area contributed by atoms with Crippen molar-refractivity contribution in [3.63, 3.8) is 0 Å². The third-order valence-electron chi connectivity index (χ3n) is 6.80. The fraction of sp³-hybridized carbons (Fsp3) is 0.519. The molecule has 43 heavy (non-hydrogen) atoms. The number of carboxylic acid groups (broad SMARTS) is 3. The highest BCUT2D eigenvalue weighted by molar-refractivity contribution is 5.88. The van der Waals surface area contributed by atoms with Crippen molar-refractivity contribution in [1.29, 1.82) is 0 Å². The summed E-state index contributed by atoms with van der Waals surface area (Å²) in [4.78, 5) is 45.8. The first-order valence-corrected chi connectivity index (χ1v) is 13.4. The number of nitrogens with zero attached hydrogens (tertiary/aromatic N) is 6. The molecular formula is C27H33F3N6O7. The zero-order chi connectivity index (χ0) is 32.1. The summed E-state index contributed by atoms with van der Waals surface area (Å²) in [5.41, 5.74) is -1.26. The van der Waals surface area contributed by atoms with Gasteiger partial charge in [-0.15, -0.1) is 0 Å². The van der Waals surface area contributed by atoms with Crippen LogP contribution in [0.3, 0.4) is 0 Å². The van der Waals surface area contributed by atoms with E-state index in [0.29, 0.717) is 17.9 Å². The summed E-state index contributed by atoms with van der Waals surface area (Å²) in [7, 11) is 0. The average molecular weight is 611 g/mol. The summed E-state index contributed by atoms with van der Waals surface area (Å²) in [6, 6.07) is 2.75. The first kappa shape index (κ1) is 33.3. The van der Waals surface area contributed by atoms with Gasteiger partial charge in [0, 0.05) is 42.7 Å². The number of fused-ring (bicyclic) bond motifs is 1. The smallest absolute Gasteiger partial charge is 0.433 e. The second kappa shape index (κ2) is 13.4. The molecule has 3 aromatic rings. The minimum absolute atomic E-state index is 0.0545. The number of likely N-dealkylation sites (tertiary alicyclic amines) is 1. The van der Waals surface area contributed by atoms with Crippen LogP contribution in [0.15, 0.2) is 24.5 Å². The molecule has 0 amide bonds. The van der Waals surface area contributed by atoms with E-state index < -0.39 is 48.2 Å². The summed E-state index contributed by atoms with van der Waals surface area (Å²) >= 11 is 0. The lowest BCUT2D eigenvalue weighted by Crippen LogP contribution is -2.42. The number of carbonyl (C=O) groups is 3. The van der Waals surface area contributed by atoms with E-state index in [2.05, 4.69) is 25.0 Å². The minimum atomic E-state index is -4.50. The van der Waals surface area contributed by atoms with Gasteiger partial charge >= 0.3 is 24.1 Å². The minimum Gasteiger partial charge on any atom is -0.481 e. The van der Waals surface area contributed by atoms with Gasteiger partial charge in [0.25, 0.3) is 0 Å². The number of aromatic nitrogens is 5. The number of aliphatic hydroxyl groups is 1. The average Bonchev–Trinajstić information content (AvgIpc) is 3.53. The fourth-order valence-electron chi connectivity index (χ4n) is 4.62. The Balaban J connectivity index is 0.000000331. The Kier molecular flexibility index (Phi) is 10.4. The highest BCUT2D eigenvalue weighted by Crippen LogP contribution is 2.35. The van der Waals surface area contributed by atoms with Crippen LogP contribution in [0.4, 0.5) is 13.2 Å². The Morgan fingerprint density at radius 3 is 2.14 bits per heavy atom. The molecule has 0 aromatic carbocycles. The van der Waals surface area contributed by atoms with Crippen molar-refractivity contribution in [2.75, 3.05) is 6.54 Å². The second-order valence-electron chi connectivity index (χ2n) is 10.5. The third-order valence-corrected chi connectivity index (χ3v) is 6.80. The van der Waals surface area contributed by atoms with E-state index in [4.69, 9.17) is 20.4 Å². The SMILES string of the molecule is CCc1ncc(CN2CCCC2c2cc3nc(C(C)C)cc(C(F)(F)F)n3n2)cn1.O=C(O)CC(O)(CC(=O)O)C(=O)O. The number of hydrogen-bond donors (Lipinski definition) is 4. The maximum atomic E-state index is 13.7. The second-order valence-corrected chi connectivity index (χ2v) is 10.5. The molecule has 1 saturated heterocycles. The monoisotopic (exact) mass is 610 g/mol. The van der Waals surface area contributed by atoms with Crippen LogP contribution < -0.4 is 0 Å². The van der Waals surface area contributed by atoms with E-state index in [1.54, 1.807) is 6.07 Å². The molecule has 1 aliphatic heterocycles. The quantitative estimate of drug-likeness (QED) is 0.262. The molecule has 4 heterocycles. The first-order valence-electron chi connectivity index (χ1n) is 13.4. The molecule has 0 spiro atoms. The van der Waals surface area contributed by atoms with Crippen LogP contribution in [0.25, 0.3) is 5.65 Å². The molecule has 1 aliphatic rings. The molecule has 13 nitrogen and oxygen atoms in total. The van der Waals surface area contributed by atoms with E-state index in [1.165, 1.54) is 0 Å². The summed E-state index contributed by atoms with van der Waals surface area (Å²) in [6.45, 7) is 7.16. The summed E-state index contributed by atoms with van der Waals surface area (Å²) in [5, 5.41) is 38.2. The third kappa shape index (κ3) is 8.44. The topological polar surface area (TPSA) is 191 Å². The van der Waals surface area contributed by atoms with Gasteiger partial charge in [-0.1, -0.05) is 20.8 Å². The molecule has 16 heteroatoms. The van der Waals surface area contributed by atoms with Gasteiger partial charge in [-0.25, -0.2) is 24.3 Å². The van der Waals surface area contributed by atoms with Crippen molar-refractivity contribution in [1.82, 2.24) is 29.5 Å². The molecule has 1 atom stereocenters. The van der Waals surface area contributed by atoms with Gasteiger partial charge < -0.3 is 20.4 Å². The number of halogens is 3. The van der Waals surface area contributed by atoms with Crippen LogP contribution in [-0.4, -0.2) is 79.9 Å². The lowest BCUT2D eigenvalue weighted by Gasteiger charge is -2.22. The molecule has 0 bridgehead atoms. The van der Waals surface area contributed by atoms with Gasteiger partial charge in [-0.3, -0.25) is 14.5 Å². The van der Waals surface area contributed by atoms with Crippen molar-refractivity contribution >= 4 is 23.6 Å². The van der Waals surface area contributed by atoms with Crippen molar-refractivity contribution in [2.24, 2.45) is 0 Å². The molecule has 234 valence electrons. The predicted octanol–water partition coefficient (Wildman–Crippen LogP) is 3.31. The van der Waals surface area contributed by atoms with E-state index in [9.17, 15) is 27.6 Å². The summed E-state index contributed by atoms with van der Waals surface area (Å²) in [6.07, 6.45) is -0.558. The van der Waals surface area contributed by atoms with Gasteiger partial charge in [0.1, 0.15) is 11.5 Å². The predicted molar refractivity (Wildman–Crippen MR) is 143 cm³/mol. The zero-order valence-electron chi connectivity index (χ0n) is 23.7. The van der Waals surface area contributed by atoms with Gasteiger partial charge in [0.15, 0.2) is 11.2 Å². The molecule has 0 aliphatic carbocycles. The maximum absolute atomic E-state index is 13.7. The number of alkyl halides is 3. The van der Waals surface area contributed by atoms with Crippen LogP contribution in [0.5, 0.6) is 0 Å². The molecule has 4 rings (SSSR count). The van der Waals surface area contributed by atoms with Crippen LogP contribution in [-0.2, 0) is 33.5 Å². The van der Waals surface area contributed by atoms with Gasteiger partial charge in [-0.05, 0) is 31.4 Å². The number of aryl methyl sites for hydroxylation is 1. The van der Waals surface area contributed by atoms with E-state index >= 15 is 0 Å². The maximum Gasteiger partial charge on any atom is 0.433 e. The molecular weight excluding hydrogens is 577 g/mol. The van der Waals surface area contributed by atoms with Gasteiger partial charge in [-0.2, -0.15) is 18.3 Å². The Bertz CT molecular complexity index is 1440. The van der Waals surface area contributed by atoms with E-state index in [-0.39, 0.29) is 17.6 Å². The zero-order valence-corrected chi connectivity index (χ0v) is 23.7. The highest BCUT2D eigenvalue weighted by atomic mass is 19.4. The van der Waals surface area contributed by atoms with E-state index in [1.807, 2.05) is 33.2 Å². The van der Waals surface area contributed by atoms with Crippen LogP contribution >= 0.6 is 0 Å². The van der Waals surface area contributed by atoms with Crippen LogP contribution in [0.2, 0.25) is 0 Å². The van der Waals surface area contributed by atoms with Crippen molar-refractivity contribution in [2.45, 2.75) is 83.2 Å². The summed E-state index contributed by atoms with van der Waals surface area (Å²) < 4.78 is 41.9. The molecule has 0 saturated carbocycles. The Morgan fingerprint density at radius 1 is 1.05 bits per heavy atom. The standard InChI is InChI=1S/C21H25F3N6.C6H8O7/c1-4-19-25-10-14(11-26-19)12-29-7-5-6-17(29)16-9-20-27-15(13(2)3)8-18(21(22,23)24)30(20)28-16;7-3(8)1-6(13,5(11)12)2-4(9)10/h8-11,13,17H,4-7,12H2,1-3H3;13H,1-2H2,(H,7,8)(H,9,10)(H,11,12). The lowest BCUT2D eigenvalue weighted by atomic mass is 9.96. The molecule has 1 fully saturated rings. The Labute approximate surface area is 244 Å². The van der Waals surface area contributed by atoms with E-state index in [0.717, 1.165) is 47.8 Å². The Hall–Kier alpha value is -4.18. The number of carboxylic acids is 3. The van der Waals surface area contributed by atoms with Gasteiger partial charge in [0.2, 0.25) is 0 Å². The number of hydrogen-bond acceptors (Lipinski definition) is 9. The van der Waals surface area contributed by atoms with Crippen LogP contribution in [0.1, 0.15) is 86.9 Å². The summed E-state index contributed by atoms with van der Waals surface area (Å²) in [5.74, 6) is -4.33. The normalized spacial score (nSPS) is 15.9. The van der Waals surface area contributed by atoms with Crippen molar-refractivity contribution < 1.29 is 48.0 Å². The van der Waals surface area contributed by atoms with Crippen LogP contribution in [0, 0.1) is 0 Å². The van der Waals surface area contributed by atoms with Gasteiger partial charge in [0.05, 0.1) is 24.6 Å².